The van der Waals surface area contributed by atoms with Crippen LogP contribution in [0.25, 0.3) is 10.6 Å². The number of carbonyl (C=O) groups excluding carboxylic acids is 2. The van der Waals surface area contributed by atoms with Crippen LogP contribution in [0, 0.1) is 12.7 Å². The molecule has 0 aliphatic carbocycles. The largest absolute Gasteiger partial charge is 0.466 e. The van der Waals surface area contributed by atoms with E-state index in [-0.39, 0.29) is 18.0 Å². The fraction of sp³-hybridized carbons (Fsp3) is 0.235. The average molecular weight is 333 g/mol. The lowest BCUT2D eigenvalue weighted by Gasteiger charge is -1.97. The summed E-state index contributed by atoms with van der Waals surface area (Å²) >= 11 is 1.19. The Balaban J connectivity index is 2.09. The maximum absolute atomic E-state index is 13.8. The van der Waals surface area contributed by atoms with Gasteiger partial charge in [0, 0.05) is 18.1 Å². The highest BCUT2D eigenvalue weighted by molar-refractivity contribution is 7.17. The molecule has 0 spiro atoms. The second-order valence-electron chi connectivity index (χ2n) is 4.80. The Morgan fingerprint density at radius 1 is 1.35 bits per heavy atom. The van der Waals surface area contributed by atoms with Crippen molar-refractivity contribution in [2.45, 2.75) is 19.8 Å². The molecule has 0 amide bonds. The number of methoxy groups -OCH3 is 1. The molecule has 1 heterocycles. The molecule has 23 heavy (non-hydrogen) atoms. The SMILES string of the molecule is COC(=O)/C=C/CCC(=O)c1sc(-c2ccccc2F)nc1C. The normalized spacial score (nSPS) is 10.9. The van der Waals surface area contributed by atoms with Crippen LogP contribution in [0.3, 0.4) is 0 Å². The van der Waals surface area contributed by atoms with Crippen LogP contribution in [-0.2, 0) is 9.53 Å². The number of esters is 1. The van der Waals surface area contributed by atoms with Gasteiger partial charge in [0.05, 0.1) is 17.7 Å². The summed E-state index contributed by atoms with van der Waals surface area (Å²) in [6.07, 6.45) is 3.57. The van der Waals surface area contributed by atoms with Gasteiger partial charge in [0.2, 0.25) is 0 Å². The Kier molecular flexibility index (Phi) is 5.76. The number of hydrogen-bond donors (Lipinski definition) is 0. The van der Waals surface area contributed by atoms with Crippen LogP contribution < -0.4 is 0 Å². The van der Waals surface area contributed by atoms with Crippen LogP contribution in [0.5, 0.6) is 0 Å². The number of Topliss-reactive ketones (excluding diaryl/α,β-unsaturated/α-hetero) is 1. The van der Waals surface area contributed by atoms with E-state index >= 15 is 0 Å². The van der Waals surface area contributed by atoms with Crippen molar-refractivity contribution in [3.63, 3.8) is 0 Å². The number of nitrogens with zero attached hydrogens (tertiary/aromatic N) is 1. The van der Waals surface area contributed by atoms with Gasteiger partial charge in [-0.1, -0.05) is 18.2 Å². The van der Waals surface area contributed by atoms with Gasteiger partial charge in [-0.25, -0.2) is 14.2 Å². The molecule has 0 atom stereocenters. The molecule has 0 aliphatic heterocycles. The molecule has 0 saturated carbocycles. The summed E-state index contributed by atoms with van der Waals surface area (Å²) in [6, 6.07) is 6.35. The lowest BCUT2D eigenvalue weighted by atomic mass is 10.1. The highest BCUT2D eigenvalue weighted by Gasteiger charge is 2.17. The summed E-state index contributed by atoms with van der Waals surface area (Å²) in [5, 5.41) is 0.494. The van der Waals surface area contributed by atoms with Gasteiger partial charge in [-0.05, 0) is 25.5 Å². The molecule has 0 unspecified atom stereocenters. The zero-order valence-corrected chi connectivity index (χ0v) is 13.7. The zero-order chi connectivity index (χ0) is 16.8. The Labute approximate surface area is 137 Å². The van der Waals surface area contributed by atoms with Crippen LogP contribution >= 0.6 is 11.3 Å². The Hall–Kier alpha value is -2.34. The smallest absolute Gasteiger partial charge is 0.330 e. The van der Waals surface area contributed by atoms with E-state index in [9.17, 15) is 14.0 Å². The first-order chi connectivity index (χ1) is 11.0. The van der Waals surface area contributed by atoms with Crippen molar-refractivity contribution in [3.8, 4) is 10.6 Å². The van der Waals surface area contributed by atoms with E-state index in [4.69, 9.17) is 0 Å². The number of halogens is 1. The van der Waals surface area contributed by atoms with Crippen LogP contribution in [0.15, 0.2) is 36.4 Å². The summed E-state index contributed by atoms with van der Waals surface area (Å²) in [5.74, 6) is -0.883. The zero-order valence-electron chi connectivity index (χ0n) is 12.8. The molecular weight excluding hydrogens is 317 g/mol. The van der Waals surface area contributed by atoms with Crippen molar-refractivity contribution < 1.29 is 18.7 Å². The minimum Gasteiger partial charge on any atom is -0.466 e. The predicted octanol–water partition coefficient (Wildman–Crippen LogP) is 3.95. The van der Waals surface area contributed by atoms with E-state index in [1.54, 1.807) is 31.2 Å². The van der Waals surface area contributed by atoms with Crippen molar-refractivity contribution in [2.75, 3.05) is 7.11 Å². The Bertz CT molecular complexity index is 752. The van der Waals surface area contributed by atoms with Gasteiger partial charge in [-0.2, -0.15) is 0 Å². The predicted molar refractivity (Wildman–Crippen MR) is 87.0 cm³/mol. The molecule has 2 aromatic rings. The van der Waals surface area contributed by atoms with Gasteiger partial charge in [0.25, 0.3) is 0 Å². The first kappa shape index (κ1) is 17.0. The molecule has 0 N–H and O–H groups in total. The number of carbonyl (C=O) groups is 2. The van der Waals surface area contributed by atoms with E-state index in [0.29, 0.717) is 27.6 Å². The number of ether oxygens (including phenoxy) is 1. The molecule has 0 saturated heterocycles. The molecule has 4 nitrogen and oxygen atoms in total. The number of allylic oxidation sites excluding steroid dienone is 1. The lowest BCUT2D eigenvalue weighted by Crippen LogP contribution is -1.98. The number of aromatic nitrogens is 1. The topological polar surface area (TPSA) is 56.3 Å². The summed E-state index contributed by atoms with van der Waals surface area (Å²) < 4.78 is 18.3. The van der Waals surface area contributed by atoms with Gasteiger partial charge in [-0.15, -0.1) is 11.3 Å². The summed E-state index contributed by atoms with van der Waals surface area (Å²) in [7, 11) is 1.29. The second-order valence-corrected chi connectivity index (χ2v) is 5.80. The third-order valence-electron chi connectivity index (χ3n) is 3.15. The van der Waals surface area contributed by atoms with Gasteiger partial charge in [0.15, 0.2) is 5.78 Å². The number of thiazole rings is 1. The van der Waals surface area contributed by atoms with E-state index < -0.39 is 5.97 Å². The number of hydrogen-bond acceptors (Lipinski definition) is 5. The van der Waals surface area contributed by atoms with Crippen molar-refractivity contribution in [1.82, 2.24) is 4.98 Å². The van der Waals surface area contributed by atoms with E-state index in [1.165, 1.54) is 30.6 Å². The maximum Gasteiger partial charge on any atom is 0.330 e. The highest BCUT2D eigenvalue weighted by atomic mass is 32.1. The summed E-state index contributed by atoms with van der Waals surface area (Å²) in [5.41, 5.74) is 0.987. The summed E-state index contributed by atoms with van der Waals surface area (Å²) in [6.45, 7) is 1.73. The van der Waals surface area contributed by atoms with Gasteiger partial charge in [-0.3, -0.25) is 4.79 Å². The van der Waals surface area contributed by atoms with Gasteiger partial charge >= 0.3 is 5.97 Å². The minimum absolute atomic E-state index is 0.0721. The maximum atomic E-state index is 13.8. The van der Waals surface area contributed by atoms with Crippen molar-refractivity contribution in [3.05, 3.63) is 52.8 Å². The number of aryl methyl sites for hydroxylation is 1. The molecule has 2 rings (SSSR count). The molecule has 0 fully saturated rings. The fourth-order valence-electron chi connectivity index (χ4n) is 1.98. The molecule has 0 aliphatic rings. The van der Waals surface area contributed by atoms with Gasteiger partial charge in [0.1, 0.15) is 10.8 Å². The standard InChI is InChI=1S/C17H16FNO3S/c1-11-16(14(20)9-5-6-10-15(21)22-2)23-17(19-11)12-7-3-4-8-13(12)18/h3-4,6-8,10H,5,9H2,1-2H3/b10-6+. The lowest BCUT2D eigenvalue weighted by molar-refractivity contribution is -0.134. The Morgan fingerprint density at radius 2 is 2.09 bits per heavy atom. The second kappa shape index (κ2) is 7.78. The van der Waals surface area contributed by atoms with Crippen molar-refractivity contribution in [2.24, 2.45) is 0 Å². The van der Waals surface area contributed by atoms with E-state index in [2.05, 4.69) is 9.72 Å². The van der Waals surface area contributed by atoms with Crippen molar-refractivity contribution in [1.29, 1.82) is 0 Å². The first-order valence-corrected chi connectivity index (χ1v) is 7.84. The third-order valence-corrected chi connectivity index (χ3v) is 4.38. The number of ketones is 1. The van der Waals surface area contributed by atoms with E-state index in [0.717, 1.165) is 0 Å². The molecule has 6 heteroatoms. The monoisotopic (exact) mass is 333 g/mol. The molecule has 120 valence electrons. The summed E-state index contributed by atoms with van der Waals surface area (Å²) in [4.78, 5) is 28.0. The Morgan fingerprint density at radius 3 is 2.78 bits per heavy atom. The highest BCUT2D eigenvalue weighted by Crippen LogP contribution is 2.30. The van der Waals surface area contributed by atoms with E-state index in [1.807, 2.05) is 0 Å². The number of rotatable bonds is 6. The minimum atomic E-state index is -0.451. The third kappa shape index (κ3) is 4.32. The van der Waals surface area contributed by atoms with Crippen LogP contribution in [-0.4, -0.2) is 23.8 Å². The van der Waals surface area contributed by atoms with Gasteiger partial charge < -0.3 is 4.74 Å². The molecule has 0 bridgehead atoms. The molecule has 1 aromatic carbocycles. The average Bonchev–Trinajstić information content (AvgIpc) is 2.93. The first-order valence-electron chi connectivity index (χ1n) is 7.03. The number of benzene rings is 1. The molecule has 1 aromatic heterocycles. The quantitative estimate of drug-likeness (QED) is 0.456. The molecular formula is C17H16FNO3S. The van der Waals surface area contributed by atoms with Crippen molar-refractivity contribution >= 4 is 23.1 Å². The fourth-order valence-corrected chi connectivity index (χ4v) is 3.04. The van der Waals surface area contributed by atoms with Crippen LogP contribution in [0.1, 0.15) is 28.2 Å². The van der Waals surface area contributed by atoms with Crippen LogP contribution in [0.2, 0.25) is 0 Å². The van der Waals surface area contributed by atoms with Crippen LogP contribution in [0.4, 0.5) is 4.39 Å². The molecule has 0 radical (unpaired) electrons.